The minimum absolute atomic E-state index is 0.0804. The van der Waals surface area contributed by atoms with Crippen molar-refractivity contribution in [1.29, 1.82) is 0 Å². The number of hydrogen-bond donors (Lipinski definition) is 1. The zero-order valence-electron chi connectivity index (χ0n) is 17.7. The number of aryl methyl sites for hydroxylation is 1. The monoisotopic (exact) mass is 453 g/mol. The Kier molecular flexibility index (Phi) is 7.14. The highest BCUT2D eigenvalue weighted by molar-refractivity contribution is 7.14. The number of carbonyl (C=O) groups excluding carboxylic acids is 2. The molecule has 1 aliphatic rings. The maximum Gasteiger partial charge on any atom is 0.231 e. The Morgan fingerprint density at radius 3 is 2.74 bits per heavy atom. The van der Waals surface area contributed by atoms with E-state index in [0.717, 1.165) is 42.8 Å². The highest BCUT2D eigenvalue weighted by atomic mass is 32.1. The van der Waals surface area contributed by atoms with Crippen molar-refractivity contribution in [3.63, 3.8) is 0 Å². The predicted octanol–water partition coefficient (Wildman–Crippen LogP) is 4.72. The van der Waals surface area contributed by atoms with Crippen LogP contribution in [0.4, 0.5) is 5.13 Å². The van der Waals surface area contributed by atoms with Crippen molar-refractivity contribution in [2.45, 2.75) is 51.5 Å². The Labute approximate surface area is 191 Å². The number of benzene rings is 1. The third kappa shape index (κ3) is 5.60. The Morgan fingerprint density at radius 2 is 1.97 bits per heavy atom. The first-order valence-corrected chi connectivity index (χ1v) is 12.5. The fourth-order valence-corrected chi connectivity index (χ4v) is 5.56. The molecule has 2 aromatic heterocycles. The first kappa shape index (κ1) is 21.7. The molecule has 5 nitrogen and oxygen atoms in total. The molecular weight excluding hydrogens is 426 g/mol. The van der Waals surface area contributed by atoms with Crippen molar-refractivity contribution in [2.75, 3.05) is 11.9 Å². The number of nitrogens with one attached hydrogen (secondary N) is 1. The van der Waals surface area contributed by atoms with Crippen LogP contribution in [-0.2, 0) is 35.3 Å². The maximum absolute atomic E-state index is 13.2. The van der Waals surface area contributed by atoms with Gasteiger partial charge in [-0.25, -0.2) is 4.98 Å². The summed E-state index contributed by atoms with van der Waals surface area (Å²) >= 11 is 2.94. The lowest BCUT2D eigenvalue weighted by Crippen LogP contribution is -2.44. The summed E-state index contributed by atoms with van der Waals surface area (Å²) in [6.45, 7) is 2.88. The van der Waals surface area contributed by atoms with Gasteiger partial charge in [0.15, 0.2) is 5.13 Å². The summed E-state index contributed by atoms with van der Waals surface area (Å²) in [5.41, 5.74) is 3.49. The number of fused-ring (bicyclic) bond motifs is 1. The number of thiophene rings is 1. The number of aromatic nitrogens is 1. The van der Waals surface area contributed by atoms with Crippen molar-refractivity contribution in [3.05, 3.63) is 68.9 Å². The number of carbonyl (C=O) groups is 2. The standard InChI is InChI=1S/C24H27N3O2S2/c1-2-11-27(20-10-9-17-6-3-4-7-18(17)13-20)23(29)14-19-16-31-24(25-19)26-22(28)15-21-8-5-12-30-21/h3-8,12,16,20H,2,9-11,13-15H2,1H3,(H,25,26,28). The summed E-state index contributed by atoms with van der Waals surface area (Å²) < 4.78 is 0. The van der Waals surface area contributed by atoms with Crippen LogP contribution in [0.1, 0.15) is 41.5 Å². The van der Waals surface area contributed by atoms with Crippen molar-refractivity contribution in [1.82, 2.24) is 9.88 Å². The molecular formula is C24H27N3O2S2. The first-order valence-electron chi connectivity index (χ1n) is 10.7. The Bertz CT molecular complexity index is 1030. The molecule has 1 aromatic carbocycles. The van der Waals surface area contributed by atoms with Crippen LogP contribution in [0.2, 0.25) is 0 Å². The maximum atomic E-state index is 13.2. The predicted molar refractivity (Wildman–Crippen MR) is 127 cm³/mol. The molecule has 31 heavy (non-hydrogen) atoms. The van der Waals surface area contributed by atoms with E-state index in [1.807, 2.05) is 27.8 Å². The van der Waals surface area contributed by atoms with Crippen molar-refractivity contribution in [3.8, 4) is 0 Å². The quantitative estimate of drug-likeness (QED) is 0.537. The van der Waals surface area contributed by atoms with E-state index in [0.29, 0.717) is 11.6 Å². The molecule has 1 N–H and O–H groups in total. The van der Waals surface area contributed by atoms with Crippen LogP contribution >= 0.6 is 22.7 Å². The number of anilines is 1. The van der Waals surface area contributed by atoms with Crippen molar-refractivity contribution >= 4 is 39.6 Å². The molecule has 2 heterocycles. The molecule has 0 saturated heterocycles. The minimum Gasteiger partial charge on any atom is -0.339 e. The molecule has 0 spiro atoms. The van der Waals surface area contributed by atoms with Crippen LogP contribution in [0, 0.1) is 0 Å². The summed E-state index contributed by atoms with van der Waals surface area (Å²) in [5, 5.41) is 7.24. The minimum atomic E-state index is -0.0804. The summed E-state index contributed by atoms with van der Waals surface area (Å²) in [5.74, 6) is 0.0381. The molecule has 4 rings (SSSR count). The van der Waals surface area contributed by atoms with E-state index in [4.69, 9.17) is 0 Å². The van der Waals surface area contributed by atoms with Crippen molar-refractivity contribution < 1.29 is 9.59 Å². The largest absolute Gasteiger partial charge is 0.339 e. The van der Waals surface area contributed by atoms with E-state index >= 15 is 0 Å². The summed E-state index contributed by atoms with van der Waals surface area (Å²) in [6.07, 6.45) is 4.50. The molecule has 0 radical (unpaired) electrons. The first-order chi connectivity index (χ1) is 15.1. The third-order valence-corrected chi connectivity index (χ3v) is 7.27. The lowest BCUT2D eigenvalue weighted by atomic mass is 9.87. The lowest BCUT2D eigenvalue weighted by Gasteiger charge is -2.35. The second kappa shape index (κ2) is 10.2. The zero-order valence-corrected chi connectivity index (χ0v) is 19.3. The number of rotatable bonds is 8. The molecule has 0 saturated carbocycles. The summed E-state index contributed by atoms with van der Waals surface area (Å²) in [7, 11) is 0. The average Bonchev–Trinajstić information content (AvgIpc) is 3.43. The fraction of sp³-hybridized carbons (Fsp3) is 0.375. The molecule has 162 valence electrons. The number of nitrogens with zero attached hydrogens (tertiary/aromatic N) is 2. The van der Waals surface area contributed by atoms with Gasteiger partial charge in [-0.2, -0.15) is 0 Å². The van der Waals surface area contributed by atoms with Gasteiger partial charge in [-0.15, -0.1) is 22.7 Å². The van der Waals surface area contributed by atoms with E-state index in [2.05, 4.69) is 41.5 Å². The number of thiazole rings is 1. The van der Waals surface area contributed by atoms with Gasteiger partial charge in [0, 0.05) is 22.8 Å². The van der Waals surface area contributed by atoms with Crippen LogP contribution in [0.3, 0.4) is 0 Å². The van der Waals surface area contributed by atoms with Gasteiger partial charge in [0.1, 0.15) is 0 Å². The molecule has 3 aromatic rings. The van der Waals surface area contributed by atoms with E-state index in [-0.39, 0.29) is 24.3 Å². The smallest absolute Gasteiger partial charge is 0.231 e. The van der Waals surface area contributed by atoms with Crippen LogP contribution in [-0.4, -0.2) is 34.3 Å². The van der Waals surface area contributed by atoms with E-state index in [9.17, 15) is 9.59 Å². The molecule has 2 amide bonds. The second-order valence-electron chi connectivity index (χ2n) is 7.88. The summed E-state index contributed by atoms with van der Waals surface area (Å²) in [4.78, 5) is 32.9. The summed E-state index contributed by atoms with van der Waals surface area (Å²) in [6, 6.07) is 12.7. The fourth-order valence-electron chi connectivity index (χ4n) is 4.13. The molecule has 1 atom stereocenters. The molecule has 1 aliphatic carbocycles. The van der Waals surface area contributed by atoms with Crippen LogP contribution in [0.25, 0.3) is 0 Å². The van der Waals surface area contributed by atoms with Crippen molar-refractivity contribution in [2.24, 2.45) is 0 Å². The highest BCUT2D eigenvalue weighted by Gasteiger charge is 2.27. The van der Waals surface area contributed by atoms with Crippen LogP contribution < -0.4 is 5.32 Å². The number of amides is 2. The highest BCUT2D eigenvalue weighted by Crippen LogP contribution is 2.26. The van der Waals surface area contributed by atoms with Crippen LogP contribution in [0.5, 0.6) is 0 Å². The topological polar surface area (TPSA) is 62.3 Å². The van der Waals surface area contributed by atoms with Gasteiger partial charge in [0.25, 0.3) is 0 Å². The lowest BCUT2D eigenvalue weighted by molar-refractivity contribution is -0.133. The Morgan fingerprint density at radius 1 is 1.13 bits per heavy atom. The zero-order chi connectivity index (χ0) is 21.6. The van der Waals surface area contributed by atoms with Gasteiger partial charge in [-0.05, 0) is 48.3 Å². The Balaban J connectivity index is 1.36. The van der Waals surface area contributed by atoms with E-state index in [1.165, 1.54) is 22.5 Å². The molecule has 0 fully saturated rings. The SMILES string of the molecule is CCCN(C(=O)Cc1csc(NC(=O)Cc2cccs2)n1)C1CCc2ccccc2C1. The van der Waals surface area contributed by atoms with E-state index in [1.54, 1.807) is 11.3 Å². The van der Waals surface area contributed by atoms with Gasteiger partial charge in [-0.1, -0.05) is 37.3 Å². The number of hydrogen-bond acceptors (Lipinski definition) is 5. The van der Waals surface area contributed by atoms with Gasteiger partial charge in [-0.3, -0.25) is 9.59 Å². The molecule has 7 heteroatoms. The van der Waals surface area contributed by atoms with E-state index < -0.39 is 0 Å². The average molecular weight is 454 g/mol. The van der Waals surface area contributed by atoms with Gasteiger partial charge in [0.2, 0.25) is 11.8 Å². The van der Waals surface area contributed by atoms with Gasteiger partial charge >= 0.3 is 0 Å². The molecule has 0 aliphatic heterocycles. The second-order valence-corrected chi connectivity index (χ2v) is 9.77. The third-order valence-electron chi connectivity index (χ3n) is 5.59. The van der Waals surface area contributed by atoms with Crippen LogP contribution in [0.15, 0.2) is 47.2 Å². The van der Waals surface area contributed by atoms with Gasteiger partial charge < -0.3 is 10.2 Å². The van der Waals surface area contributed by atoms with Gasteiger partial charge in [0.05, 0.1) is 18.5 Å². The normalized spacial score (nSPS) is 15.3. The Hall–Kier alpha value is -2.51. The molecule has 1 unspecified atom stereocenters. The molecule has 0 bridgehead atoms.